The van der Waals surface area contributed by atoms with Crippen LogP contribution in [-0.4, -0.2) is 22.7 Å². The monoisotopic (exact) mass is 377 g/mol. The highest BCUT2D eigenvalue weighted by atomic mass is 16.7. The zero-order valence-electron chi connectivity index (χ0n) is 15.2. The van der Waals surface area contributed by atoms with Crippen LogP contribution in [0.5, 0.6) is 11.5 Å². The highest BCUT2D eigenvalue weighted by Gasteiger charge is 2.13. The van der Waals surface area contributed by atoms with Crippen molar-refractivity contribution in [1.82, 2.24) is 9.97 Å². The molecule has 0 radical (unpaired) electrons. The van der Waals surface area contributed by atoms with Crippen LogP contribution in [0.4, 0.5) is 23.0 Å². The van der Waals surface area contributed by atoms with Crippen molar-refractivity contribution in [2.75, 3.05) is 22.7 Å². The van der Waals surface area contributed by atoms with Crippen LogP contribution in [0.2, 0.25) is 0 Å². The molecule has 1 aliphatic heterocycles. The number of aromatic nitrogens is 2. The van der Waals surface area contributed by atoms with Crippen LogP contribution in [0.3, 0.4) is 0 Å². The highest BCUT2D eigenvalue weighted by molar-refractivity contribution is 5.89. The summed E-state index contributed by atoms with van der Waals surface area (Å²) in [6.45, 7) is 2.32. The molecule has 0 aliphatic carbocycles. The summed E-state index contributed by atoms with van der Waals surface area (Å²) < 4.78 is 10.7. The number of nitrogens with one attached hydrogen (secondary N) is 3. The first kappa shape index (κ1) is 17.6. The molecule has 0 saturated carbocycles. The molecule has 3 aromatic rings. The van der Waals surface area contributed by atoms with Gasteiger partial charge in [0, 0.05) is 30.9 Å². The second kappa shape index (κ2) is 7.83. The number of anilines is 4. The van der Waals surface area contributed by atoms with Crippen molar-refractivity contribution >= 4 is 28.9 Å². The summed E-state index contributed by atoms with van der Waals surface area (Å²) in [5.74, 6) is 2.73. The lowest BCUT2D eigenvalue weighted by molar-refractivity contribution is -0.114. The van der Waals surface area contributed by atoms with E-state index in [4.69, 9.17) is 9.47 Å². The predicted octanol–water partition coefficient (Wildman–Crippen LogP) is 3.52. The van der Waals surface area contributed by atoms with E-state index in [2.05, 4.69) is 25.9 Å². The second-order valence-corrected chi connectivity index (χ2v) is 6.22. The molecule has 0 bridgehead atoms. The van der Waals surface area contributed by atoms with Crippen molar-refractivity contribution in [3.8, 4) is 11.5 Å². The number of carbonyl (C=O) groups is 1. The zero-order chi connectivity index (χ0) is 19.3. The van der Waals surface area contributed by atoms with E-state index < -0.39 is 0 Å². The maximum absolute atomic E-state index is 11.2. The summed E-state index contributed by atoms with van der Waals surface area (Å²) in [7, 11) is 0. The van der Waals surface area contributed by atoms with Crippen molar-refractivity contribution in [3.05, 3.63) is 60.4 Å². The first-order chi connectivity index (χ1) is 13.7. The number of hydrogen-bond donors (Lipinski definition) is 3. The molecular weight excluding hydrogens is 358 g/mol. The number of nitrogens with zero attached hydrogens (tertiary/aromatic N) is 2. The lowest BCUT2D eigenvalue weighted by atomic mass is 10.2. The van der Waals surface area contributed by atoms with Gasteiger partial charge in [-0.05, 0) is 35.9 Å². The number of benzene rings is 2. The van der Waals surface area contributed by atoms with Crippen molar-refractivity contribution in [2.24, 2.45) is 0 Å². The zero-order valence-corrected chi connectivity index (χ0v) is 15.2. The third-order valence-electron chi connectivity index (χ3n) is 4.03. The average Bonchev–Trinajstić information content (AvgIpc) is 3.14. The third kappa shape index (κ3) is 4.29. The van der Waals surface area contributed by atoms with Crippen molar-refractivity contribution in [1.29, 1.82) is 0 Å². The van der Waals surface area contributed by atoms with Gasteiger partial charge in [0.2, 0.25) is 12.7 Å². The van der Waals surface area contributed by atoms with E-state index in [1.54, 1.807) is 0 Å². The Bertz CT molecular complexity index is 1010. The van der Waals surface area contributed by atoms with Crippen molar-refractivity contribution in [3.63, 3.8) is 0 Å². The van der Waals surface area contributed by atoms with E-state index in [9.17, 15) is 4.79 Å². The molecule has 2 aromatic carbocycles. The van der Waals surface area contributed by atoms with Crippen LogP contribution in [0.1, 0.15) is 12.5 Å². The Balaban J connectivity index is 1.41. The number of hydrogen-bond acceptors (Lipinski definition) is 7. The highest BCUT2D eigenvalue weighted by Crippen LogP contribution is 2.32. The Labute approximate surface area is 161 Å². The van der Waals surface area contributed by atoms with Gasteiger partial charge >= 0.3 is 0 Å². The number of carbonyl (C=O) groups excluding carboxylic acids is 1. The Hall–Kier alpha value is -3.81. The molecule has 8 heteroatoms. The molecule has 0 unspecified atom stereocenters. The molecule has 0 saturated heterocycles. The minimum atomic E-state index is -0.116. The molecule has 28 heavy (non-hydrogen) atoms. The molecule has 1 amide bonds. The lowest BCUT2D eigenvalue weighted by Crippen LogP contribution is -2.06. The van der Waals surface area contributed by atoms with Gasteiger partial charge in [0.1, 0.15) is 18.0 Å². The summed E-state index contributed by atoms with van der Waals surface area (Å²) in [4.78, 5) is 19.7. The Morgan fingerprint density at radius 1 is 1.00 bits per heavy atom. The average molecular weight is 377 g/mol. The molecular formula is C20H19N5O3. The second-order valence-electron chi connectivity index (χ2n) is 6.22. The van der Waals surface area contributed by atoms with E-state index >= 15 is 0 Å². The number of ether oxygens (including phenoxy) is 2. The molecule has 1 aromatic heterocycles. The third-order valence-corrected chi connectivity index (χ3v) is 4.03. The van der Waals surface area contributed by atoms with Gasteiger partial charge in [-0.15, -0.1) is 0 Å². The fourth-order valence-electron chi connectivity index (χ4n) is 2.79. The van der Waals surface area contributed by atoms with Crippen molar-refractivity contribution in [2.45, 2.75) is 13.5 Å². The number of fused-ring (bicyclic) bond motifs is 1. The smallest absolute Gasteiger partial charge is 0.231 e. The van der Waals surface area contributed by atoms with Gasteiger partial charge in [0.15, 0.2) is 11.5 Å². The maximum Gasteiger partial charge on any atom is 0.231 e. The van der Waals surface area contributed by atoms with Crippen LogP contribution < -0.4 is 25.4 Å². The van der Waals surface area contributed by atoms with E-state index in [1.165, 1.54) is 13.3 Å². The summed E-state index contributed by atoms with van der Waals surface area (Å²) >= 11 is 0. The molecule has 0 fully saturated rings. The Kier molecular flexibility index (Phi) is 4.92. The number of amides is 1. The number of rotatable bonds is 6. The van der Waals surface area contributed by atoms with Gasteiger partial charge in [0.25, 0.3) is 0 Å². The van der Waals surface area contributed by atoms with Gasteiger partial charge in [0.05, 0.1) is 0 Å². The Morgan fingerprint density at radius 3 is 2.71 bits per heavy atom. The largest absolute Gasteiger partial charge is 0.454 e. The van der Waals surface area contributed by atoms with Gasteiger partial charge < -0.3 is 25.4 Å². The van der Waals surface area contributed by atoms with Gasteiger partial charge in [-0.2, -0.15) is 0 Å². The minimum absolute atomic E-state index is 0.116. The topological polar surface area (TPSA) is 97.4 Å². The molecule has 0 atom stereocenters. The minimum Gasteiger partial charge on any atom is -0.454 e. The molecule has 8 nitrogen and oxygen atoms in total. The Morgan fingerprint density at radius 2 is 1.82 bits per heavy atom. The standard InChI is InChI=1S/C20H19N5O3/c1-13(26)24-15-3-2-4-16(8-15)25-20-9-19(22-11-23-20)21-10-14-5-6-17-18(7-14)28-12-27-17/h2-9,11H,10,12H2,1H3,(H,24,26)(H2,21,22,23,25). The first-order valence-corrected chi connectivity index (χ1v) is 8.75. The first-order valence-electron chi connectivity index (χ1n) is 8.75. The normalized spacial score (nSPS) is 11.8. The van der Waals surface area contributed by atoms with E-state index in [0.717, 1.165) is 22.7 Å². The summed E-state index contributed by atoms with van der Waals surface area (Å²) in [6, 6.07) is 15.1. The fraction of sp³-hybridized carbons (Fsp3) is 0.150. The lowest BCUT2D eigenvalue weighted by Gasteiger charge is -2.10. The van der Waals surface area contributed by atoms with Crippen LogP contribution in [0.25, 0.3) is 0 Å². The summed E-state index contributed by atoms with van der Waals surface area (Å²) in [6.07, 6.45) is 1.49. The molecule has 3 N–H and O–H groups in total. The van der Waals surface area contributed by atoms with Crippen LogP contribution in [-0.2, 0) is 11.3 Å². The van der Waals surface area contributed by atoms with Crippen LogP contribution >= 0.6 is 0 Å². The molecule has 142 valence electrons. The van der Waals surface area contributed by atoms with Gasteiger partial charge in [-0.3, -0.25) is 4.79 Å². The van der Waals surface area contributed by atoms with E-state index in [-0.39, 0.29) is 12.7 Å². The predicted molar refractivity (Wildman–Crippen MR) is 106 cm³/mol. The molecule has 4 rings (SSSR count). The van der Waals surface area contributed by atoms with Gasteiger partial charge in [-0.25, -0.2) is 9.97 Å². The molecule has 0 spiro atoms. The molecule has 2 heterocycles. The SMILES string of the molecule is CC(=O)Nc1cccc(Nc2cc(NCc3ccc4c(c3)OCO4)ncn2)c1. The van der Waals surface area contributed by atoms with E-state index in [0.29, 0.717) is 23.9 Å². The summed E-state index contributed by atoms with van der Waals surface area (Å²) in [5.41, 5.74) is 2.58. The van der Waals surface area contributed by atoms with Crippen LogP contribution in [0, 0.1) is 0 Å². The van der Waals surface area contributed by atoms with E-state index in [1.807, 2.05) is 48.5 Å². The maximum atomic E-state index is 11.2. The fourth-order valence-corrected chi connectivity index (χ4v) is 2.79. The van der Waals surface area contributed by atoms with Crippen molar-refractivity contribution < 1.29 is 14.3 Å². The van der Waals surface area contributed by atoms with Gasteiger partial charge in [-0.1, -0.05) is 12.1 Å². The van der Waals surface area contributed by atoms with Crippen LogP contribution in [0.15, 0.2) is 54.9 Å². The summed E-state index contributed by atoms with van der Waals surface area (Å²) in [5, 5.41) is 9.24. The molecule has 1 aliphatic rings. The quantitative estimate of drug-likeness (QED) is 0.605.